The van der Waals surface area contributed by atoms with Crippen LogP contribution in [0.2, 0.25) is 0 Å². The Hall–Kier alpha value is -1.46. The number of halogens is 1. The Morgan fingerprint density at radius 2 is 1.56 bits per heavy atom. The molecule has 1 aliphatic heterocycles. The van der Waals surface area contributed by atoms with Gasteiger partial charge in [-0.2, -0.15) is 0 Å². The van der Waals surface area contributed by atoms with E-state index in [1.807, 2.05) is 6.08 Å². The van der Waals surface area contributed by atoms with Gasteiger partial charge in [-0.05, 0) is 47.7 Å². The summed E-state index contributed by atoms with van der Waals surface area (Å²) >= 11 is 3.47. The number of ether oxygens (including phenoxy) is 1. The molecule has 2 aromatic rings. The highest BCUT2D eigenvalue weighted by molar-refractivity contribution is 9.10. The van der Waals surface area contributed by atoms with Gasteiger partial charge in [-0.3, -0.25) is 0 Å². The molecule has 0 bridgehead atoms. The first-order valence-corrected chi connectivity index (χ1v) is 9.54. The molecule has 3 nitrogen and oxygen atoms in total. The summed E-state index contributed by atoms with van der Waals surface area (Å²) in [6.07, 6.45) is 8.05. The number of benzene rings is 2. The monoisotopic (exact) mass is 400 g/mol. The molecule has 2 aliphatic rings. The largest absolute Gasteiger partial charge is 0.344 e. The molecule has 0 N–H and O–H groups in total. The van der Waals surface area contributed by atoms with E-state index in [0.29, 0.717) is 6.61 Å². The molecule has 1 spiro atoms. The number of rotatable bonds is 3. The number of hydrogen-bond donors (Lipinski definition) is 0. The van der Waals surface area contributed by atoms with Crippen molar-refractivity contribution in [2.24, 2.45) is 0 Å². The van der Waals surface area contributed by atoms with Crippen molar-refractivity contribution in [1.29, 1.82) is 0 Å². The van der Waals surface area contributed by atoms with E-state index in [-0.39, 0.29) is 6.10 Å². The summed E-state index contributed by atoms with van der Waals surface area (Å²) < 4.78 is 7.00. The molecule has 25 heavy (non-hydrogen) atoms. The maximum Gasteiger partial charge on any atom is 0.201 e. The predicted octanol–water partition coefficient (Wildman–Crippen LogP) is 5.75. The average Bonchev–Trinajstić information content (AvgIpc) is 3.11. The van der Waals surface area contributed by atoms with Crippen molar-refractivity contribution in [3.63, 3.8) is 0 Å². The zero-order chi connectivity index (χ0) is 17.1. The second-order valence-corrected chi connectivity index (χ2v) is 7.55. The summed E-state index contributed by atoms with van der Waals surface area (Å²) in [6.45, 7) is 0.549. The lowest BCUT2D eigenvalue weighted by Crippen LogP contribution is -2.42. The first-order valence-electron chi connectivity index (χ1n) is 8.75. The van der Waals surface area contributed by atoms with Gasteiger partial charge >= 0.3 is 0 Å². The fourth-order valence-corrected chi connectivity index (χ4v) is 3.58. The highest BCUT2D eigenvalue weighted by atomic mass is 79.9. The minimum atomic E-state index is -0.476. The van der Waals surface area contributed by atoms with Crippen molar-refractivity contribution < 1.29 is 14.5 Å². The van der Waals surface area contributed by atoms with Crippen LogP contribution in [0.25, 0.3) is 17.2 Å². The average molecular weight is 401 g/mol. The highest BCUT2D eigenvalue weighted by Gasteiger charge is 2.41. The van der Waals surface area contributed by atoms with E-state index < -0.39 is 5.79 Å². The van der Waals surface area contributed by atoms with Gasteiger partial charge in [-0.1, -0.05) is 58.4 Å². The van der Waals surface area contributed by atoms with E-state index >= 15 is 0 Å². The smallest absolute Gasteiger partial charge is 0.201 e. The first-order chi connectivity index (χ1) is 12.2. The lowest BCUT2D eigenvalue weighted by Gasteiger charge is -2.34. The van der Waals surface area contributed by atoms with Gasteiger partial charge in [0, 0.05) is 17.3 Å². The normalized spacial score (nSPS) is 22.7. The Labute approximate surface area is 156 Å². The molecular weight excluding hydrogens is 380 g/mol. The van der Waals surface area contributed by atoms with Crippen LogP contribution in [0.5, 0.6) is 0 Å². The van der Waals surface area contributed by atoms with E-state index in [4.69, 9.17) is 14.5 Å². The van der Waals surface area contributed by atoms with Gasteiger partial charge in [0.15, 0.2) is 0 Å². The van der Waals surface area contributed by atoms with Gasteiger partial charge in [0.05, 0.1) is 6.61 Å². The van der Waals surface area contributed by atoms with Crippen molar-refractivity contribution in [3.05, 3.63) is 64.6 Å². The second-order valence-electron chi connectivity index (χ2n) is 6.63. The fourth-order valence-electron chi connectivity index (χ4n) is 3.31. The Balaban J connectivity index is 1.36. The maximum absolute atomic E-state index is 5.91. The maximum atomic E-state index is 5.91. The third-order valence-corrected chi connectivity index (χ3v) is 5.32. The van der Waals surface area contributed by atoms with Crippen LogP contribution in [0.1, 0.15) is 31.2 Å². The standard InChI is InChI=1S/C21H21BrO3/c22-19-10-8-18(9-11-19)17-6-3-16(4-7-17)5-12-20-15-23-21(25-24-20)13-1-2-14-21/h3-12,20H,1-2,13-15H2. The molecule has 0 amide bonds. The molecular formula is C21H21BrO3. The van der Waals surface area contributed by atoms with E-state index in [1.165, 1.54) is 11.1 Å². The summed E-state index contributed by atoms with van der Waals surface area (Å²) in [4.78, 5) is 11.1. The van der Waals surface area contributed by atoms with E-state index in [1.54, 1.807) is 0 Å². The van der Waals surface area contributed by atoms with Crippen LogP contribution in [0, 0.1) is 0 Å². The minimum Gasteiger partial charge on any atom is -0.344 e. The summed E-state index contributed by atoms with van der Waals surface area (Å²) in [6, 6.07) is 16.8. The Morgan fingerprint density at radius 3 is 2.16 bits per heavy atom. The second kappa shape index (κ2) is 7.42. The molecule has 0 radical (unpaired) electrons. The number of hydrogen-bond acceptors (Lipinski definition) is 3. The summed E-state index contributed by atoms with van der Waals surface area (Å²) in [7, 11) is 0. The lowest BCUT2D eigenvalue weighted by atomic mass is 10.0. The fraction of sp³-hybridized carbons (Fsp3) is 0.333. The molecule has 1 heterocycles. The molecule has 1 saturated heterocycles. The van der Waals surface area contributed by atoms with Crippen LogP contribution in [0.15, 0.2) is 59.1 Å². The third-order valence-electron chi connectivity index (χ3n) is 4.79. The Bertz CT molecular complexity index is 721. The minimum absolute atomic E-state index is 0.155. The van der Waals surface area contributed by atoms with E-state index in [9.17, 15) is 0 Å². The van der Waals surface area contributed by atoms with Gasteiger partial charge in [0.25, 0.3) is 0 Å². The van der Waals surface area contributed by atoms with Crippen molar-refractivity contribution >= 4 is 22.0 Å². The molecule has 4 rings (SSSR count). The van der Waals surface area contributed by atoms with Crippen LogP contribution in [-0.2, 0) is 14.5 Å². The van der Waals surface area contributed by atoms with E-state index in [2.05, 4.69) is 70.5 Å². The van der Waals surface area contributed by atoms with Crippen LogP contribution in [0.3, 0.4) is 0 Å². The molecule has 0 aromatic heterocycles. The van der Waals surface area contributed by atoms with Crippen LogP contribution >= 0.6 is 15.9 Å². The molecule has 4 heteroatoms. The summed E-state index contributed by atoms with van der Waals surface area (Å²) in [5, 5.41) is 0. The zero-order valence-corrected chi connectivity index (χ0v) is 15.6. The van der Waals surface area contributed by atoms with Gasteiger partial charge < -0.3 is 4.74 Å². The van der Waals surface area contributed by atoms with Crippen molar-refractivity contribution in [2.75, 3.05) is 6.61 Å². The van der Waals surface area contributed by atoms with Crippen LogP contribution < -0.4 is 0 Å². The quantitative estimate of drug-likeness (QED) is 0.614. The molecule has 2 fully saturated rings. The molecule has 130 valence electrons. The Kier molecular flexibility index (Phi) is 5.04. The van der Waals surface area contributed by atoms with Crippen LogP contribution in [0.4, 0.5) is 0 Å². The predicted molar refractivity (Wildman–Crippen MR) is 102 cm³/mol. The van der Waals surface area contributed by atoms with Gasteiger partial charge in [0.1, 0.15) is 6.10 Å². The molecule has 1 aliphatic carbocycles. The SMILES string of the molecule is Brc1ccc(-c2ccc(C=CC3COC4(CCCC4)OO3)cc2)cc1. The van der Waals surface area contributed by atoms with Crippen molar-refractivity contribution in [3.8, 4) is 11.1 Å². The van der Waals surface area contributed by atoms with E-state index in [0.717, 1.165) is 35.7 Å². The zero-order valence-electron chi connectivity index (χ0n) is 14.0. The van der Waals surface area contributed by atoms with Gasteiger partial charge in [-0.15, -0.1) is 0 Å². The summed E-state index contributed by atoms with van der Waals surface area (Å²) in [5.41, 5.74) is 3.54. The van der Waals surface area contributed by atoms with Crippen molar-refractivity contribution in [1.82, 2.24) is 0 Å². The molecule has 1 saturated carbocycles. The van der Waals surface area contributed by atoms with Crippen molar-refractivity contribution in [2.45, 2.75) is 37.6 Å². The first kappa shape index (κ1) is 17.0. The Morgan fingerprint density at radius 1 is 0.920 bits per heavy atom. The molecule has 2 aromatic carbocycles. The third kappa shape index (κ3) is 4.04. The topological polar surface area (TPSA) is 27.7 Å². The van der Waals surface area contributed by atoms with Crippen LogP contribution in [-0.4, -0.2) is 18.5 Å². The lowest BCUT2D eigenvalue weighted by molar-refractivity contribution is -0.477. The van der Waals surface area contributed by atoms with Gasteiger partial charge in [-0.25, -0.2) is 9.78 Å². The molecule has 1 atom stereocenters. The molecule has 1 unspecified atom stereocenters. The van der Waals surface area contributed by atoms with Gasteiger partial charge in [0.2, 0.25) is 5.79 Å². The summed E-state index contributed by atoms with van der Waals surface area (Å²) in [5.74, 6) is -0.476. The highest BCUT2D eigenvalue weighted by Crippen LogP contribution is 2.37.